The summed E-state index contributed by atoms with van der Waals surface area (Å²) in [5, 5.41) is 5.29. The minimum Gasteiger partial charge on any atom is -0.467 e. The van der Waals surface area contributed by atoms with E-state index >= 15 is 0 Å². The zero-order valence-corrected chi connectivity index (χ0v) is 15.3. The highest BCUT2D eigenvalue weighted by Gasteiger charge is 2.21. The maximum absolute atomic E-state index is 12.5. The molecule has 2 aromatic rings. The first-order valence-corrected chi connectivity index (χ1v) is 8.47. The fourth-order valence-electron chi connectivity index (χ4n) is 2.44. The van der Waals surface area contributed by atoms with Crippen LogP contribution in [0, 0.1) is 0 Å². The van der Waals surface area contributed by atoms with Gasteiger partial charge < -0.3 is 15.4 Å². The van der Waals surface area contributed by atoms with E-state index in [1.165, 1.54) is 14.0 Å². The lowest BCUT2D eigenvalue weighted by Crippen LogP contribution is -2.41. The standard InChI is InChI=1S/C21H22N2O4/c1-15(24)22-18-12-7-11-17(14-18)20(25)23-19(21(26)27-2)13-6-10-16-8-4-3-5-9-16/h3-12,14,19H,13H2,1-2H3,(H,22,24)(H,23,25)/b10-6+/t19-/m1/s1. The smallest absolute Gasteiger partial charge is 0.328 e. The summed E-state index contributed by atoms with van der Waals surface area (Å²) in [6, 6.07) is 15.3. The summed E-state index contributed by atoms with van der Waals surface area (Å²) in [6.45, 7) is 1.39. The minimum absolute atomic E-state index is 0.231. The van der Waals surface area contributed by atoms with Gasteiger partial charge in [-0.2, -0.15) is 0 Å². The molecule has 0 aliphatic heterocycles. The molecule has 2 aromatic carbocycles. The lowest BCUT2D eigenvalue weighted by atomic mass is 10.1. The maximum atomic E-state index is 12.5. The fourth-order valence-corrected chi connectivity index (χ4v) is 2.44. The van der Waals surface area contributed by atoms with Crippen molar-refractivity contribution in [1.82, 2.24) is 5.32 Å². The highest BCUT2D eigenvalue weighted by molar-refractivity contribution is 5.98. The predicted molar refractivity (Wildman–Crippen MR) is 104 cm³/mol. The van der Waals surface area contributed by atoms with Crippen molar-refractivity contribution in [2.24, 2.45) is 0 Å². The molecular formula is C21H22N2O4. The van der Waals surface area contributed by atoms with Crippen molar-refractivity contribution >= 4 is 29.5 Å². The zero-order chi connectivity index (χ0) is 19.6. The van der Waals surface area contributed by atoms with E-state index in [9.17, 15) is 14.4 Å². The van der Waals surface area contributed by atoms with Gasteiger partial charge >= 0.3 is 5.97 Å². The lowest BCUT2D eigenvalue weighted by Gasteiger charge is -2.15. The van der Waals surface area contributed by atoms with Crippen molar-refractivity contribution in [2.45, 2.75) is 19.4 Å². The second-order valence-electron chi connectivity index (χ2n) is 5.86. The Balaban J connectivity index is 2.06. The Kier molecular flexibility index (Phi) is 7.31. The number of carbonyl (C=O) groups is 3. The van der Waals surface area contributed by atoms with Crippen LogP contribution < -0.4 is 10.6 Å². The van der Waals surface area contributed by atoms with Gasteiger partial charge in [0, 0.05) is 18.2 Å². The summed E-state index contributed by atoms with van der Waals surface area (Å²) in [7, 11) is 1.28. The molecule has 0 unspecified atom stereocenters. The van der Waals surface area contributed by atoms with Crippen LogP contribution >= 0.6 is 0 Å². The number of hydrogen-bond donors (Lipinski definition) is 2. The van der Waals surface area contributed by atoms with E-state index in [0.717, 1.165) is 5.56 Å². The normalized spacial score (nSPS) is 11.6. The average molecular weight is 366 g/mol. The van der Waals surface area contributed by atoms with Crippen LogP contribution in [0.25, 0.3) is 6.08 Å². The molecule has 1 atom stereocenters. The van der Waals surface area contributed by atoms with Gasteiger partial charge in [-0.1, -0.05) is 48.6 Å². The third kappa shape index (κ3) is 6.43. The monoisotopic (exact) mass is 366 g/mol. The first kappa shape index (κ1) is 19.9. The van der Waals surface area contributed by atoms with Crippen molar-refractivity contribution in [3.05, 3.63) is 71.8 Å². The molecule has 27 heavy (non-hydrogen) atoms. The number of nitrogens with one attached hydrogen (secondary N) is 2. The Morgan fingerprint density at radius 1 is 1.07 bits per heavy atom. The molecule has 0 aliphatic rings. The van der Waals surface area contributed by atoms with E-state index in [4.69, 9.17) is 4.74 Å². The Bertz CT molecular complexity index is 831. The number of esters is 1. The number of anilines is 1. The van der Waals surface area contributed by atoms with Gasteiger partial charge in [0.2, 0.25) is 5.91 Å². The van der Waals surface area contributed by atoms with E-state index in [2.05, 4.69) is 10.6 Å². The summed E-state index contributed by atoms with van der Waals surface area (Å²) >= 11 is 0. The van der Waals surface area contributed by atoms with Crippen molar-refractivity contribution in [1.29, 1.82) is 0 Å². The Morgan fingerprint density at radius 3 is 2.48 bits per heavy atom. The average Bonchev–Trinajstić information content (AvgIpc) is 2.67. The van der Waals surface area contributed by atoms with Gasteiger partial charge in [0.25, 0.3) is 5.91 Å². The molecule has 0 fully saturated rings. The Labute approximate surface area is 158 Å². The third-order valence-electron chi connectivity index (χ3n) is 3.72. The number of carbonyl (C=O) groups excluding carboxylic acids is 3. The van der Waals surface area contributed by atoms with Crippen LogP contribution in [0.15, 0.2) is 60.7 Å². The molecule has 2 rings (SSSR count). The van der Waals surface area contributed by atoms with Crippen LogP contribution in [-0.4, -0.2) is 30.9 Å². The summed E-state index contributed by atoms with van der Waals surface area (Å²) < 4.78 is 4.78. The predicted octanol–water partition coefficient (Wildman–Crippen LogP) is 3.02. The van der Waals surface area contributed by atoms with Crippen LogP contribution in [0.4, 0.5) is 5.69 Å². The van der Waals surface area contributed by atoms with Gasteiger partial charge in [0.1, 0.15) is 6.04 Å². The van der Waals surface area contributed by atoms with E-state index in [0.29, 0.717) is 17.7 Å². The highest BCUT2D eigenvalue weighted by atomic mass is 16.5. The maximum Gasteiger partial charge on any atom is 0.328 e. The van der Waals surface area contributed by atoms with E-state index < -0.39 is 17.9 Å². The summed E-state index contributed by atoms with van der Waals surface area (Å²) in [6.07, 6.45) is 3.98. The van der Waals surface area contributed by atoms with E-state index in [1.54, 1.807) is 24.3 Å². The van der Waals surface area contributed by atoms with Gasteiger partial charge in [-0.15, -0.1) is 0 Å². The number of methoxy groups -OCH3 is 1. The number of amides is 2. The molecule has 6 nitrogen and oxygen atoms in total. The van der Waals surface area contributed by atoms with Crippen molar-refractivity contribution in [3.63, 3.8) is 0 Å². The number of ether oxygens (including phenoxy) is 1. The molecule has 6 heteroatoms. The van der Waals surface area contributed by atoms with Crippen LogP contribution in [0.2, 0.25) is 0 Å². The number of benzene rings is 2. The zero-order valence-electron chi connectivity index (χ0n) is 15.3. The molecule has 0 radical (unpaired) electrons. The molecule has 140 valence electrons. The van der Waals surface area contributed by atoms with Crippen LogP contribution in [-0.2, 0) is 14.3 Å². The van der Waals surface area contributed by atoms with Crippen LogP contribution in [0.3, 0.4) is 0 Å². The second-order valence-corrected chi connectivity index (χ2v) is 5.86. The molecule has 0 aromatic heterocycles. The number of hydrogen-bond acceptors (Lipinski definition) is 4. The van der Waals surface area contributed by atoms with Gasteiger partial charge in [-0.3, -0.25) is 9.59 Å². The fraction of sp³-hybridized carbons (Fsp3) is 0.190. The van der Waals surface area contributed by atoms with Gasteiger partial charge in [-0.05, 0) is 30.2 Å². The molecule has 0 saturated carbocycles. The second kappa shape index (κ2) is 9.91. The molecule has 2 amide bonds. The van der Waals surface area contributed by atoms with Gasteiger partial charge in [0.05, 0.1) is 7.11 Å². The topological polar surface area (TPSA) is 84.5 Å². The molecular weight excluding hydrogens is 344 g/mol. The van der Waals surface area contributed by atoms with Gasteiger partial charge in [0.15, 0.2) is 0 Å². The van der Waals surface area contributed by atoms with Crippen molar-refractivity contribution in [3.8, 4) is 0 Å². The lowest BCUT2D eigenvalue weighted by molar-refractivity contribution is -0.142. The third-order valence-corrected chi connectivity index (χ3v) is 3.72. The van der Waals surface area contributed by atoms with E-state index in [1.807, 2.05) is 42.5 Å². The minimum atomic E-state index is -0.813. The van der Waals surface area contributed by atoms with Crippen molar-refractivity contribution in [2.75, 3.05) is 12.4 Å². The Hall–Kier alpha value is -3.41. The van der Waals surface area contributed by atoms with Crippen LogP contribution in [0.5, 0.6) is 0 Å². The first-order valence-electron chi connectivity index (χ1n) is 8.47. The molecule has 0 aliphatic carbocycles. The quantitative estimate of drug-likeness (QED) is 0.738. The SMILES string of the molecule is COC(=O)[C@@H](C/C=C/c1ccccc1)NC(=O)c1cccc(NC(C)=O)c1. The molecule has 0 saturated heterocycles. The van der Waals surface area contributed by atoms with E-state index in [-0.39, 0.29) is 5.91 Å². The Morgan fingerprint density at radius 2 is 1.81 bits per heavy atom. The van der Waals surface area contributed by atoms with Crippen molar-refractivity contribution < 1.29 is 19.1 Å². The summed E-state index contributed by atoms with van der Waals surface area (Å²) in [5.74, 6) is -1.18. The summed E-state index contributed by atoms with van der Waals surface area (Å²) in [5.41, 5.74) is 1.84. The molecule has 0 bridgehead atoms. The molecule has 2 N–H and O–H groups in total. The largest absolute Gasteiger partial charge is 0.467 e. The molecule has 0 spiro atoms. The highest BCUT2D eigenvalue weighted by Crippen LogP contribution is 2.12. The van der Waals surface area contributed by atoms with Gasteiger partial charge in [-0.25, -0.2) is 4.79 Å². The first-order chi connectivity index (χ1) is 13.0. The molecule has 0 heterocycles. The summed E-state index contributed by atoms with van der Waals surface area (Å²) in [4.78, 5) is 35.7. The number of rotatable bonds is 7. The van der Waals surface area contributed by atoms with Crippen LogP contribution in [0.1, 0.15) is 29.3 Å².